The van der Waals surface area contributed by atoms with Crippen LogP contribution in [-0.4, -0.2) is 16.2 Å². The molecule has 3 rings (SSSR count). The Morgan fingerprint density at radius 3 is 3.20 bits per heavy atom. The van der Waals surface area contributed by atoms with Crippen LogP contribution in [0.5, 0.6) is 5.75 Å². The standard InChI is InChI=1S/C15H18BrN3O/c1-2-5-19-6-4-17-15(19)18-10-12-9-13(16)8-11-3-7-20-14(11)12/h4,6,8-9H,2-3,5,7,10H2,1H3,(H,17,18). The van der Waals surface area contributed by atoms with Gasteiger partial charge in [-0.2, -0.15) is 0 Å². The van der Waals surface area contributed by atoms with Gasteiger partial charge in [-0.3, -0.25) is 0 Å². The van der Waals surface area contributed by atoms with E-state index in [4.69, 9.17) is 4.74 Å². The summed E-state index contributed by atoms with van der Waals surface area (Å²) in [5, 5.41) is 3.40. The highest BCUT2D eigenvalue weighted by molar-refractivity contribution is 9.10. The lowest BCUT2D eigenvalue weighted by atomic mass is 10.1. The van der Waals surface area contributed by atoms with E-state index in [1.54, 1.807) is 0 Å². The van der Waals surface area contributed by atoms with Crippen LogP contribution in [0.1, 0.15) is 24.5 Å². The highest BCUT2D eigenvalue weighted by atomic mass is 79.9. The maximum Gasteiger partial charge on any atom is 0.203 e. The summed E-state index contributed by atoms with van der Waals surface area (Å²) >= 11 is 3.57. The van der Waals surface area contributed by atoms with Crippen LogP contribution in [0.2, 0.25) is 0 Å². The Labute approximate surface area is 127 Å². The molecule has 0 aliphatic carbocycles. The smallest absolute Gasteiger partial charge is 0.203 e. The fourth-order valence-electron chi connectivity index (χ4n) is 2.55. The lowest BCUT2D eigenvalue weighted by Gasteiger charge is -2.12. The predicted octanol–water partition coefficient (Wildman–Crippen LogP) is 3.60. The molecule has 0 spiro atoms. The van der Waals surface area contributed by atoms with Gasteiger partial charge in [-0.1, -0.05) is 22.9 Å². The molecule has 1 aromatic heterocycles. The fourth-order valence-corrected chi connectivity index (χ4v) is 3.10. The average molecular weight is 336 g/mol. The van der Waals surface area contributed by atoms with E-state index in [-0.39, 0.29) is 0 Å². The van der Waals surface area contributed by atoms with Gasteiger partial charge in [0, 0.05) is 41.9 Å². The highest BCUT2D eigenvalue weighted by Crippen LogP contribution is 2.33. The number of nitrogens with one attached hydrogen (secondary N) is 1. The summed E-state index contributed by atoms with van der Waals surface area (Å²) < 4.78 is 8.99. The number of anilines is 1. The fraction of sp³-hybridized carbons (Fsp3) is 0.400. The Morgan fingerprint density at radius 2 is 2.35 bits per heavy atom. The Balaban J connectivity index is 1.77. The number of rotatable bonds is 5. The minimum absolute atomic E-state index is 0.725. The molecule has 0 unspecified atom stereocenters. The molecule has 4 nitrogen and oxygen atoms in total. The molecule has 0 atom stereocenters. The molecule has 1 aliphatic heterocycles. The van der Waals surface area contributed by atoms with Gasteiger partial charge in [0.05, 0.1) is 6.61 Å². The zero-order valence-electron chi connectivity index (χ0n) is 11.5. The number of aryl methyl sites for hydroxylation is 1. The van der Waals surface area contributed by atoms with Crippen molar-refractivity contribution >= 4 is 21.9 Å². The van der Waals surface area contributed by atoms with E-state index in [0.29, 0.717) is 0 Å². The van der Waals surface area contributed by atoms with E-state index in [0.717, 1.165) is 48.7 Å². The molecule has 0 fully saturated rings. The first kappa shape index (κ1) is 13.5. The molecule has 20 heavy (non-hydrogen) atoms. The van der Waals surface area contributed by atoms with E-state index in [1.807, 2.05) is 12.4 Å². The van der Waals surface area contributed by atoms with Gasteiger partial charge in [0.15, 0.2) is 0 Å². The van der Waals surface area contributed by atoms with Crippen LogP contribution in [0.25, 0.3) is 0 Å². The summed E-state index contributed by atoms with van der Waals surface area (Å²) in [5.74, 6) is 1.95. The van der Waals surface area contributed by atoms with Crippen LogP contribution in [-0.2, 0) is 19.5 Å². The quantitative estimate of drug-likeness (QED) is 0.907. The van der Waals surface area contributed by atoms with E-state index in [9.17, 15) is 0 Å². The second-order valence-electron chi connectivity index (χ2n) is 4.95. The number of hydrogen-bond donors (Lipinski definition) is 1. The van der Waals surface area contributed by atoms with E-state index >= 15 is 0 Å². The summed E-state index contributed by atoms with van der Waals surface area (Å²) in [6, 6.07) is 4.26. The molecule has 2 aromatic rings. The summed E-state index contributed by atoms with van der Waals surface area (Å²) in [6.07, 6.45) is 5.93. The van der Waals surface area contributed by atoms with Crippen molar-refractivity contribution in [2.45, 2.75) is 32.9 Å². The number of nitrogens with zero attached hydrogens (tertiary/aromatic N) is 2. The van der Waals surface area contributed by atoms with Crippen molar-refractivity contribution in [1.29, 1.82) is 0 Å². The lowest BCUT2D eigenvalue weighted by Crippen LogP contribution is -2.08. The van der Waals surface area contributed by atoms with Crippen LogP contribution in [0, 0.1) is 0 Å². The monoisotopic (exact) mass is 335 g/mol. The summed E-state index contributed by atoms with van der Waals surface area (Å²) in [4.78, 5) is 4.37. The second-order valence-corrected chi connectivity index (χ2v) is 5.87. The number of fused-ring (bicyclic) bond motifs is 1. The Morgan fingerprint density at radius 1 is 1.45 bits per heavy atom. The molecular weight excluding hydrogens is 318 g/mol. The van der Waals surface area contributed by atoms with Crippen molar-refractivity contribution in [3.63, 3.8) is 0 Å². The van der Waals surface area contributed by atoms with Gasteiger partial charge in [-0.05, 0) is 24.1 Å². The van der Waals surface area contributed by atoms with Gasteiger partial charge >= 0.3 is 0 Å². The van der Waals surface area contributed by atoms with Crippen LogP contribution < -0.4 is 10.1 Å². The molecule has 106 valence electrons. The molecule has 1 aromatic carbocycles. The van der Waals surface area contributed by atoms with Crippen molar-refractivity contribution in [1.82, 2.24) is 9.55 Å². The van der Waals surface area contributed by atoms with Crippen molar-refractivity contribution in [2.75, 3.05) is 11.9 Å². The van der Waals surface area contributed by atoms with Gasteiger partial charge in [0.25, 0.3) is 0 Å². The van der Waals surface area contributed by atoms with Crippen molar-refractivity contribution in [2.24, 2.45) is 0 Å². The topological polar surface area (TPSA) is 39.1 Å². The van der Waals surface area contributed by atoms with Crippen molar-refractivity contribution < 1.29 is 4.74 Å². The Hall–Kier alpha value is -1.49. The minimum atomic E-state index is 0.725. The van der Waals surface area contributed by atoms with Gasteiger partial charge < -0.3 is 14.6 Å². The Bertz CT molecular complexity index is 609. The zero-order valence-corrected chi connectivity index (χ0v) is 13.1. The second kappa shape index (κ2) is 5.87. The molecule has 1 N–H and O–H groups in total. The summed E-state index contributed by atoms with van der Waals surface area (Å²) in [6.45, 7) is 4.65. The first-order valence-corrected chi connectivity index (χ1v) is 7.76. The first-order valence-electron chi connectivity index (χ1n) is 6.97. The van der Waals surface area contributed by atoms with Crippen molar-refractivity contribution in [3.8, 4) is 5.75 Å². The van der Waals surface area contributed by atoms with Crippen molar-refractivity contribution in [3.05, 3.63) is 40.1 Å². The largest absolute Gasteiger partial charge is 0.493 e. The van der Waals surface area contributed by atoms with Gasteiger partial charge in [-0.25, -0.2) is 4.98 Å². The third-order valence-corrected chi connectivity index (χ3v) is 3.90. The van der Waals surface area contributed by atoms with Gasteiger partial charge in [0.2, 0.25) is 5.95 Å². The third kappa shape index (κ3) is 2.68. The number of aromatic nitrogens is 2. The molecule has 0 saturated carbocycles. The maximum absolute atomic E-state index is 5.74. The normalized spacial score (nSPS) is 13.1. The number of imidazole rings is 1. The molecule has 5 heteroatoms. The van der Waals surface area contributed by atoms with Crippen LogP contribution in [0.4, 0.5) is 5.95 Å². The first-order chi connectivity index (χ1) is 9.78. The molecule has 0 bridgehead atoms. The molecule has 0 amide bonds. The predicted molar refractivity (Wildman–Crippen MR) is 83.2 cm³/mol. The SMILES string of the molecule is CCCn1ccnc1NCc1cc(Br)cc2c1OCC2. The lowest BCUT2D eigenvalue weighted by molar-refractivity contribution is 0.354. The zero-order chi connectivity index (χ0) is 13.9. The highest BCUT2D eigenvalue weighted by Gasteiger charge is 2.17. The van der Waals surface area contributed by atoms with Crippen LogP contribution in [0.3, 0.4) is 0 Å². The Kier molecular flexibility index (Phi) is 3.96. The molecule has 0 radical (unpaired) electrons. The molecular formula is C15H18BrN3O. The molecule has 2 heterocycles. The van der Waals surface area contributed by atoms with Gasteiger partial charge in [0.1, 0.15) is 5.75 Å². The number of ether oxygens (including phenoxy) is 1. The number of hydrogen-bond acceptors (Lipinski definition) is 3. The van der Waals surface area contributed by atoms with E-state index < -0.39 is 0 Å². The maximum atomic E-state index is 5.74. The number of halogens is 1. The summed E-state index contributed by atoms with van der Waals surface area (Å²) in [7, 11) is 0. The van der Waals surface area contributed by atoms with Gasteiger partial charge in [-0.15, -0.1) is 0 Å². The van der Waals surface area contributed by atoms with Crippen LogP contribution >= 0.6 is 15.9 Å². The minimum Gasteiger partial charge on any atom is -0.493 e. The van der Waals surface area contributed by atoms with E-state index in [1.165, 1.54) is 11.1 Å². The third-order valence-electron chi connectivity index (χ3n) is 3.44. The number of benzene rings is 1. The summed E-state index contributed by atoms with van der Waals surface area (Å²) in [5.41, 5.74) is 2.46. The molecule has 1 aliphatic rings. The van der Waals surface area contributed by atoms with Crippen LogP contribution in [0.15, 0.2) is 29.0 Å². The van der Waals surface area contributed by atoms with E-state index in [2.05, 4.69) is 49.9 Å². The molecule has 0 saturated heterocycles. The average Bonchev–Trinajstić information content (AvgIpc) is 3.05.